The van der Waals surface area contributed by atoms with Gasteiger partial charge >= 0.3 is 0 Å². The maximum Gasteiger partial charge on any atom is 0.234 e. The number of nitrogens with one attached hydrogen (secondary N) is 1. The molecule has 0 atom stereocenters. The summed E-state index contributed by atoms with van der Waals surface area (Å²) in [5.74, 6) is 0.201. The summed E-state index contributed by atoms with van der Waals surface area (Å²) in [7, 11) is 3.71. The molecule has 0 spiro atoms. The number of carbonyl (C=O) groups is 1. The predicted molar refractivity (Wildman–Crippen MR) is 83.6 cm³/mol. The third-order valence-electron chi connectivity index (χ3n) is 2.15. The van der Waals surface area contributed by atoms with Crippen molar-refractivity contribution in [1.82, 2.24) is 4.90 Å². The number of hydrogen-bond donors (Lipinski definition) is 1. The lowest BCUT2D eigenvalue weighted by molar-refractivity contribution is -0.113. The van der Waals surface area contributed by atoms with Gasteiger partial charge in [-0.1, -0.05) is 41.6 Å². The number of thiocarbonyl (C=S) groups is 1. The number of halogens is 1. The van der Waals surface area contributed by atoms with Crippen molar-refractivity contribution in [1.29, 1.82) is 0 Å². The van der Waals surface area contributed by atoms with Crippen molar-refractivity contribution in [2.75, 3.05) is 25.2 Å². The smallest absolute Gasteiger partial charge is 0.234 e. The zero-order valence-electron chi connectivity index (χ0n) is 10.5. The molecule has 1 rings (SSSR count). The quantitative estimate of drug-likeness (QED) is 0.869. The minimum absolute atomic E-state index is 0.0934. The van der Waals surface area contributed by atoms with Crippen LogP contribution in [0.15, 0.2) is 18.2 Å². The van der Waals surface area contributed by atoms with E-state index in [4.69, 9.17) is 23.8 Å². The van der Waals surface area contributed by atoms with Crippen molar-refractivity contribution in [3.8, 4) is 0 Å². The molecule has 98 valence electrons. The highest BCUT2D eigenvalue weighted by atomic mass is 35.5. The standard InChI is InChI=1S/C12H15ClN2OS2/c1-8-4-5-9(6-10(8)13)14-11(16)7-18-12(17)15(2)3/h4-6H,7H2,1-3H3,(H,14,16). The summed E-state index contributed by atoms with van der Waals surface area (Å²) in [6.45, 7) is 1.92. The highest BCUT2D eigenvalue weighted by Gasteiger charge is 2.07. The molecule has 1 N–H and O–H groups in total. The first-order valence-electron chi connectivity index (χ1n) is 5.30. The maximum absolute atomic E-state index is 11.7. The van der Waals surface area contributed by atoms with E-state index in [0.29, 0.717) is 20.8 Å². The lowest BCUT2D eigenvalue weighted by Gasteiger charge is -2.12. The van der Waals surface area contributed by atoms with Crippen LogP contribution in [-0.4, -0.2) is 35.0 Å². The first-order chi connectivity index (χ1) is 8.40. The molecular weight excluding hydrogens is 288 g/mol. The van der Waals surface area contributed by atoms with Gasteiger partial charge in [0.2, 0.25) is 5.91 Å². The Morgan fingerprint density at radius 2 is 2.17 bits per heavy atom. The summed E-state index contributed by atoms with van der Waals surface area (Å²) in [6.07, 6.45) is 0. The van der Waals surface area contributed by atoms with E-state index in [-0.39, 0.29) is 5.91 Å². The minimum atomic E-state index is -0.0934. The molecule has 0 bridgehead atoms. The molecule has 1 aromatic carbocycles. The second-order valence-electron chi connectivity index (χ2n) is 3.96. The van der Waals surface area contributed by atoms with Crippen molar-refractivity contribution in [2.45, 2.75) is 6.92 Å². The Labute approximate surface area is 122 Å². The summed E-state index contributed by atoms with van der Waals surface area (Å²) in [5, 5.41) is 3.42. The van der Waals surface area contributed by atoms with Gasteiger partial charge in [0, 0.05) is 24.8 Å². The van der Waals surface area contributed by atoms with E-state index in [9.17, 15) is 4.79 Å². The number of aryl methyl sites for hydroxylation is 1. The molecule has 0 saturated heterocycles. The van der Waals surface area contributed by atoms with Crippen LogP contribution in [0.3, 0.4) is 0 Å². The Hall–Kier alpha value is -0.780. The van der Waals surface area contributed by atoms with Crippen molar-refractivity contribution in [2.24, 2.45) is 0 Å². The van der Waals surface area contributed by atoms with Crippen LogP contribution in [0.1, 0.15) is 5.56 Å². The van der Waals surface area contributed by atoms with E-state index < -0.39 is 0 Å². The normalized spacial score (nSPS) is 10.0. The van der Waals surface area contributed by atoms with E-state index in [1.165, 1.54) is 11.8 Å². The van der Waals surface area contributed by atoms with Crippen LogP contribution in [0.5, 0.6) is 0 Å². The fourth-order valence-electron chi connectivity index (χ4n) is 1.12. The van der Waals surface area contributed by atoms with E-state index in [1.807, 2.05) is 33.2 Å². The van der Waals surface area contributed by atoms with Gasteiger partial charge in [0.1, 0.15) is 4.32 Å². The van der Waals surface area contributed by atoms with Crippen LogP contribution in [0.25, 0.3) is 0 Å². The molecule has 0 aliphatic rings. The molecule has 0 fully saturated rings. The highest BCUT2D eigenvalue weighted by molar-refractivity contribution is 8.23. The van der Waals surface area contributed by atoms with Gasteiger partial charge in [0.05, 0.1) is 5.75 Å². The highest BCUT2D eigenvalue weighted by Crippen LogP contribution is 2.20. The molecule has 0 saturated carbocycles. The van der Waals surface area contributed by atoms with Gasteiger partial charge in [-0.25, -0.2) is 0 Å². The Morgan fingerprint density at radius 1 is 1.50 bits per heavy atom. The number of anilines is 1. The average molecular weight is 303 g/mol. The molecule has 0 aromatic heterocycles. The van der Waals surface area contributed by atoms with Crippen molar-refractivity contribution < 1.29 is 4.79 Å². The SMILES string of the molecule is Cc1ccc(NC(=O)CSC(=S)N(C)C)cc1Cl. The number of benzene rings is 1. The third kappa shape index (κ3) is 4.84. The van der Waals surface area contributed by atoms with Crippen LogP contribution in [0, 0.1) is 6.92 Å². The average Bonchev–Trinajstić information content (AvgIpc) is 2.30. The lowest BCUT2D eigenvalue weighted by Crippen LogP contribution is -2.20. The third-order valence-corrected chi connectivity index (χ3v) is 4.29. The Morgan fingerprint density at radius 3 is 2.72 bits per heavy atom. The van der Waals surface area contributed by atoms with E-state index >= 15 is 0 Å². The van der Waals surface area contributed by atoms with E-state index in [0.717, 1.165) is 5.56 Å². The molecule has 6 heteroatoms. The van der Waals surface area contributed by atoms with Gasteiger partial charge < -0.3 is 10.2 Å². The second kappa shape index (κ2) is 6.97. The Balaban J connectivity index is 2.49. The number of rotatable bonds is 3. The molecule has 3 nitrogen and oxygen atoms in total. The zero-order chi connectivity index (χ0) is 13.7. The summed E-state index contributed by atoms with van der Waals surface area (Å²) in [4.78, 5) is 13.5. The van der Waals surface area contributed by atoms with E-state index in [1.54, 1.807) is 11.0 Å². The Kier molecular flexibility index (Phi) is 5.91. The van der Waals surface area contributed by atoms with Gasteiger partial charge in [0.25, 0.3) is 0 Å². The number of hydrogen-bond acceptors (Lipinski definition) is 3. The van der Waals surface area contributed by atoms with Crippen LogP contribution in [0.4, 0.5) is 5.69 Å². The van der Waals surface area contributed by atoms with Crippen LogP contribution in [0.2, 0.25) is 5.02 Å². The lowest BCUT2D eigenvalue weighted by atomic mass is 10.2. The molecule has 18 heavy (non-hydrogen) atoms. The Bertz CT molecular complexity index is 463. The fourth-order valence-corrected chi connectivity index (χ4v) is 2.07. The molecule has 1 amide bonds. The van der Waals surface area contributed by atoms with E-state index in [2.05, 4.69) is 5.32 Å². The maximum atomic E-state index is 11.7. The van der Waals surface area contributed by atoms with Crippen LogP contribution >= 0.6 is 35.6 Å². The van der Waals surface area contributed by atoms with Crippen molar-refractivity contribution >= 4 is 51.5 Å². The van der Waals surface area contributed by atoms with Gasteiger partial charge in [-0.3, -0.25) is 4.79 Å². The molecule has 0 radical (unpaired) electrons. The number of carbonyl (C=O) groups excluding carboxylic acids is 1. The van der Waals surface area contributed by atoms with Crippen molar-refractivity contribution in [3.63, 3.8) is 0 Å². The van der Waals surface area contributed by atoms with Crippen LogP contribution in [-0.2, 0) is 4.79 Å². The summed E-state index contributed by atoms with van der Waals surface area (Å²) < 4.78 is 0.687. The molecule has 0 aliphatic carbocycles. The molecule has 0 unspecified atom stereocenters. The predicted octanol–water partition coefficient (Wildman–Crippen LogP) is 3.17. The first kappa shape index (κ1) is 15.3. The molecule has 0 heterocycles. The number of amides is 1. The van der Waals surface area contributed by atoms with Crippen molar-refractivity contribution in [3.05, 3.63) is 28.8 Å². The fraction of sp³-hybridized carbons (Fsp3) is 0.333. The number of nitrogens with zero attached hydrogens (tertiary/aromatic N) is 1. The first-order valence-corrected chi connectivity index (χ1v) is 7.07. The molecular formula is C12H15ClN2OS2. The van der Waals surface area contributed by atoms with Gasteiger partial charge in [-0.15, -0.1) is 0 Å². The molecule has 0 aliphatic heterocycles. The summed E-state index contributed by atoms with van der Waals surface area (Å²) in [6, 6.07) is 5.44. The zero-order valence-corrected chi connectivity index (χ0v) is 12.9. The van der Waals surface area contributed by atoms with Crippen LogP contribution < -0.4 is 5.32 Å². The second-order valence-corrected chi connectivity index (χ2v) is 5.98. The summed E-state index contributed by atoms with van der Waals surface area (Å²) in [5.41, 5.74) is 1.68. The van der Waals surface area contributed by atoms with Gasteiger partial charge in [-0.05, 0) is 24.6 Å². The summed E-state index contributed by atoms with van der Waals surface area (Å²) >= 11 is 12.4. The minimum Gasteiger partial charge on any atom is -0.364 e. The molecule has 1 aromatic rings. The van der Waals surface area contributed by atoms with Gasteiger partial charge in [0.15, 0.2) is 0 Å². The number of thioether (sulfide) groups is 1. The monoisotopic (exact) mass is 302 g/mol. The van der Waals surface area contributed by atoms with Gasteiger partial charge in [-0.2, -0.15) is 0 Å². The largest absolute Gasteiger partial charge is 0.364 e. The topological polar surface area (TPSA) is 32.3 Å².